The third kappa shape index (κ3) is 4.29. The Morgan fingerprint density at radius 1 is 1.18 bits per heavy atom. The molecule has 22 heavy (non-hydrogen) atoms. The number of carbonyl (C=O) groups excluding carboxylic acids is 1. The summed E-state index contributed by atoms with van der Waals surface area (Å²) in [5, 5.41) is 3.30. The highest BCUT2D eigenvalue weighted by atomic mass is 16.1. The number of amides is 1. The van der Waals surface area contributed by atoms with Crippen molar-refractivity contribution in [3.8, 4) is 0 Å². The van der Waals surface area contributed by atoms with E-state index in [2.05, 4.69) is 21.3 Å². The Hall–Kier alpha value is -1.42. The van der Waals surface area contributed by atoms with Gasteiger partial charge in [-0.1, -0.05) is 25.3 Å². The van der Waals surface area contributed by atoms with Crippen molar-refractivity contribution in [3.63, 3.8) is 0 Å². The number of hydrogen-bond donors (Lipinski definition) is 1. The predicted molar refractivity (Wildman–Crippen MR) is 87.3 cm³/mol. The molecule has 0 bridgehead atoms. The lowest BCUT2D eigenvalue weighted by molar-refractivity contribution is -0.127. The van der Waals surface area contributed by atoms with Crippen LogP contribution in [0.1, 0.15) is 50.5 Å². The summed E-state index contributed by atoms with van der Waals surface area (Å²) in [6, 6.07) is 4.50. The summed E-state index contributed by atoms with van der Waals surface area (Å²) >= 11 is 0. The molecule has 1 aliphatic carbocycles. The van der Waals surface area contributed by atoms with Gasteiger partial charge < -0.3 is 5.32 Å². The number of nitrogens with zero attached hydrogens (tertiary/aromatic N) is 2. The smallest absolute Gasteiger partial charge is 0.223 e. The Balaban J connectivity index is 1.40. The van der Waals surface area contributed by atoms with Crippen LogP contribution < -0.4 is 5.32 Å². The molecular formula is C18H27N3O. The molecule has 1 N–H and O–H groups in total. The molecule has 1 aromatic heterocycles. The van der Waals surface area contributed by atoms with Crippen molar-refractivity contribution in [2.45, 2.75) is 57.5 Å². The van der Waals surface area contributed by atoms with Crippen molar-refractivity contribution >= 4 is 5.91 Å². The Morgan fingerprint density at radius 3 is 2.64 bits per heavy atom. The lowest BCUT2D eigenvalue weighted by Crippen LogP contribution is -2.46. The van der Waals surface area contributed by atoms with Gasteiger partial charge in [0.1, 0.15) is 0 Å². The van der Waals surface area contributed by atoms with E-state index >= 15 is 0 Å². The normalized spacial score (nSPS) is 21.6. The van der Waals surface area contributed by atoms with E-state index in [4.69, 9.17) is 0 Å². The maximum Gasteiger partial charge on any atom is 0.223 e. The quantitative estimate of drug-likeness (QED) is 0.930. The van der Waals surface area contributed by atoms with Crippen LogP contribution in [0.4, 0.5) is 0 Å². The average Bonchev–Trinajstić information content (AvgIpc) is 2.58. The van der Waals surface area contributed by atoms with Crippen LogP contribution in [0.25, 0.3) is 0 Å². The van der Waals surface area contributed by atoms with Gasteiger partial charge in [-0.05, 0) is 37.3 Å². The van der Waals surface area contributed by atoms with Crippen molar-refractivity contribution in [2.75, 3.05) is 13.1 Å². The summed E-state index contributed by atoms with van der Waals surface area (Å²) in [6.45, 7) is 3.09. The van der Waals surface area contributed by atoms with Crippen molar-refractivity contribution in [3.05, 3.63) is 30.1 Å². The molecule has 4 nitrogen and oxygen atoms in total. The van der Waals surface area contributed by atoms with Crippen molar-refractivity contribution in [1.82, 2.24) is 15.2 Å². The van der Waals surface area contributed by atoms with Crippen LogP contribution in [0, 0.1) is 5.92 Å². The first-order valence-corrected chi connectivity index (χ1v) is 8.73. The Bertz CT molecular complexity index is 462. The minimum absolute atomic E-state index is 0.280. The number of piperidine rings is 1. The van der Waals surface area contributed by atoms with Crippen LogP contribution in [0.3, 0.4) is 0 Å². The third-order valence-corrected chi connectivity index (χ3v) is 5.04. The SMILES string of the molecule is O=C(NC1CCN(Cc2cccnc2)CC1)C1CCCCC1. The molecule has 0 radical (unpaired) electrons. The van der Waals surface area contributed by atoms with Crippen LogP contribution in [-0.2, 0) is 11.3 Å². The van der Waals surface area contributed by atoms with Gasteiger partial charge in [-0.25, -0.2) is 0 Å². The molecule has 3 rings (SSSR count). The molecule has 1 saturated carbocycles. The largest absolute Gasteiger partial charge is 0.353 e. The number of pyridine rings is 1. The van der Waals surface area contributed by atoms with Gasteiger partial charge in [-0.3, -0.25) is 14.7 Å². The average molecular weight is 301 g/mol. The second kappa shape index (κ2) is 7.73. The van der Waals surface area contributed by atoms with Gasteiger partial charge in [0.15, 0.2) is 0 Å². The highest BCUT2D eigenvalue weighted by Gasteiger charge is 2.25. The van der Waals surface area contributed by atoms with E-state index in [1.165, 1.54) is 24.8 Å². The van der Waals surface area contributed by atoms with E-state index in [0.717, 1.165) is 45.3 Å². The molecule has 2 heterocycles. The zero-order chi connectivity index (χ0) is 15.2. The molecule has 2 aliphatic rings. The van der Waals surface area contributed by atoms with Gasteiger partial charge in [0, 0.05) is 44.0 Å². The summed E-state index contributed by atoms with van der Waals surface area (Å²) in [5.41, 5.74) is 1.27. The monoisotopic (exact) mass is 301 g/mol. The Kier molecular flexibility index (Phi) is 5.43. The second-order valence-electron chi connectivity index (χ2n) is 6.76. The highest BCUT2D eigenvalue weighted by molar-refractivity contribution is 5.79. The minimum atomic E-state index is 0.280. The van der Waals surface area contributed by atoms with Crippen LogP contribution in [0.15, 0.2) is 24.5 Å². The van der Waals surface area contributed by atoms with Gasteiger partial charge >= 0.3 is 0 Å². The first kappa shape index (κ1) is 15.5. The number of carbonyl (C=O) groups is 1. The van der Waals surface area contributed by atoms with Crippen molar-refractivity contribution < 1.29 is 4.79 Å². The lowest BCUT2D eigenvalue weighted by atomic mass is 9.88. The van der Waals surface area contributed by atoms with Crippen LogP contribution >= 0.6 is 0 Å². The molecule has 0 spiro atoms. The molecule has 1 aliphatic heterocycles. The summed E-state index contributed by atoms with van der Waals surface area (Å²) in [5.74, 6) is 0.590. The van der Waals surface area contributed by atoms with E-state index < -0.39 is 0 Å². The van der Waals surface area contributed by atoms with E-state index in [0.29, 0.717) is 11.9 Å². The molecular weight excluding hydrogens is 274 g/mol. The van der Waals surface area contributed by atoms with E-state index in [1.807, 2.05) is 18.5 Å². The number of nitrogens with one attached hydrogen (secondary N) is 1. The van der Waals surface area contributed by atoms with Gasteiger partial charge in [0.25, 0.3) is 0 Å². The fourth-order valence-corrected chi connectivity index (χ4v) is 3.67. The summed E-state index contributed by atoms with van der Waals surface area (Å²) in [6.07, 6.45) is 11.8. The first-order chi connectivity index (χ1) is 10.8. The summed E-state index contributed by atoms with van der Waals surface area (Å²) in [7, 11) is 0. The van der Waals surface area contributed by atoms with Gasteiger partial charge in [0.2, 0.25) is 5.91 Å². The topological polar surface area (TPSA) is 45.2 Å². The van der Waals surface area contributed by atoms with E-state index in [9.17, 15) is 4.79 Å². The molecule has 4 heteroatoms. The zero-order valence-electron chi connectivity index (χ0n) is 13.3. The van der Waals surface area contributed by atoms with Crippen molar-refractivity contribution in [2.24, 2.45) is 5.92 Å². The number of likely N-dealkylation sites (tertiary alicyclic amines) is 1. The Labute approximate surface area is 133 Å². The van der Waals surface area contributed by atoms with E-state index in [1.54, 1.807) is 0 Å². The van der Waals surface area contributed by atoms with Gasteiger partial charge in [-0.2, -0.15) is 0 Å². The molecule has 0 atom stereocenters. The van der Waals surface area contributed by atoms with Crippen LogP contribution in [0.2, 0.25) is 0 Å². The molecule has 120 valence electrons. The minimum Gasteiger partial charge on any atom is -0.353 e. The zero-order valence-corrected chi connectivity index (χ0v) is 13.3. The summed E-state index contributed by atoms with van der Waals surface area (Å²) < 4.78 is 0. The maximum absolute atomic E-state index is 12.3. The third-order valence-electron chi connectivity index (χ3n) is 5.04. The number of aromatic nitrogens is 1. The number of hydrogen-bond acceptors (Lipinski definition) is 3. The lowest BCUT2D eigenvalue weighted by Gasteiger charge is -2.33. The van der Waals surface area contributed by atoms with Gasteiger partial charge in [0.05, 0.1) is 0 Å². The van der Waals surface area contributed by atoms with Crippen molar-refractivity contribution in [1.29, 1.82) is 0 Å². The van der Waals surface area contributed by atoms with Crippen LogP contribution in [-0.4, -0.2) is 34.9 Å². The standard InChI is InChI=1S/C18H27N3O/c22-18(16-6-2-1-3-7-16)20-17-8-11-21(12-9-17)14-15-5-4-10-19-13-15/h4-5,10,13,16-17H,1-3,6-9,11-12,14H2,(H,20,22). The fraction of sp³-hybridized carbons (Fsp3) is 0.667. The molecule has 1 aromatic rings. The summed E-state index contributed by atoms with van der Waals surface area (Å²) in [4.78, 5) is 18.9. The number of rotatable bonds is 4. The molecule has 2 fully saturated rings. The molecule has 1 amide bonds. The Morgan fingerprint density at radius 2 is 1.95 bits per heavy atom. The first-order valence-electron chi connectivity index (χ1n) is 8.73. The predicted octanol–water partition coefficient (Wildman–Crippen LogP) is 2.74. The molecule has 0 aromatic carbocycles. The molecule has 0 unspecified atom stereocenters. The van der Waals surface area contributed by atoms with Gasteiger partial charge in [-0.15, -0.1) is 0 Å². The van der Waals surface area contributed by atoms with Crippen LogP contribution in [0.5, 0.6) is 0 Å². The highest BCUT2D eigenvalue weighted by Crippen LogP contribution is 2.24. The maximum atomic E-state index is 12.3. The fourth-order valence-electron chi connectivity index (χ4n) is 3.67. The van der Waals surface area contributed by atoms with E-state index in [-0.39, 0.29) is 5.92 Å². The second-order valence-corrected chi connectivity index (χ2v) is 6.76. The molecule has 1 saturated heterocycles.